The molecule has 0 radical (unpaired) electrons. The van der Waals surface area contributed by atoms with Crippen molar-refractivity contribution in [2.75, 3.05) is 62.8 Å². The van der Waals surface area contributed by atoms with Crippen LogP contribution >= 0.6 is 23.4 Å². The third kappa shape index (κ3) is 10.4. The first kappa shape index (κ1) is 37.1. The first-order chi connectivity index (χ1) is 24.0. The number of nitrogens with one attached hydrogen (secondary N) is 2. The van der Waals surface area contributed by atoms with Crippen molar-refractivity contribution >= 4 is 56.4 Å². The zero-order chi connectivity index (χ0) is 35.7. The Hall–Kier alpha value is -4.14. The summed E-state index contributed by atoms with van der Waals surface area (Å²) in [6.45, 7) is 4.88. The molecular formula is C36H41ClN6O5S2. The second kappa shape index (κ2) is 17.2. The second-order valence-electron chi connectivity index (χ2n) is 12.4. The lowest BCUT2D eigenvalue weighted by molar-refractivity contribution is -0.384. The van der Waals surface area contributed by atoms with Gasteiger partial charge in [0.1, 0.15) is 5.69 Å². The predicted octanol–water partition coefficient (Wildman–Crippen LogP) is 6.21. The van der Waals surface area contributed by atoms with Crippen molar-refractivity contribution in [3.05, 3.63) is 123 Å². The largest absolute Gasteiger partial charge is 0.376 e. The number of anilines is 2. The number of sulfonamides is 1. The fourth-order valence-corrected chi connectivity index (χ4v) is 7.82. The van der Waals surface area contributed by atoms with Crippen molar-refractivity contribution in [1.29, 1.82) is 0 Å². The number of halogens is 1. The van der Waals surface area contributed by atoms with Crippen LogP contribution in [0, 0.1) is 10.1 Å². The van der Waals surface area contributed by atoms with E-state index in [9.17, 15) is 23.3 Å². The van der Waals surface area contributed by atoms with E-state index in [4.69, 9.17) is 11.6 Å². The van der Waals surface area contributed by atoms with Crippen LogP contribution in [0.3, 0.4) is 0 Å². The Kier molecular flexibility index (Phi) is 12.8. The van der Waals surface area contributed by atoms with Gasteiger partial charge in [-0.1, -0.05) is 41.9 Å². The van der Waals surface area contributed by atoms with Crippen molar-refractivity contribution in [3.63, 3.8) is 0 Å². The monoisotopic (exact) mass is 736 g/mol. The lowest BCUT2D eigenvalue weighted by Gasteiger charge is -2.36. The van der Waals surface area contributed by atoms with Gasteiger partial charge < -0.3 is 15.1 Å². The Morgan fingerprint density at radius 1 is 0.960 bits per heavy atom. The number of amides is 1. The zero-order valence-corrected chi connectivity index (χ0v) is 30.4. The molecule has 0 spiro atoms. The van der Waals surface area contributed by atoms with Crippen LogP contribution in [0.2, 0.25) is 5.02 Å². The van der Waals surface area contributed by atoms with Crippen LogP contribution in [-0.4, -0.2) is 87.7 Å². The van der Waals surface area contributed by atoms with E-state index < -0.39 is 26.5 Å². The number of nitro benzene ring substituents is 1. The molecular weight excluding hydrogens is 696 g/mol. The van der Waals surface area contributed by atoms with Crippen LogP contribution in [-0.2, 0) is 16.6 Å². The van der Waals surface area contributed by atoms with Gasteiger partial charge in [0.05, 0.1) is 9.82 Å². The number of hydrogen-bond acceptors (Lipinski definition) is 10. The summed E-state index contributed by atoms with van der Waals surface area (Å²) in [6.07, 6.45) is 0.707. The average molecular weight is 737 g/mol. The number of nitrogens with zero attached hydrogens (tertiary/aromatic N) is 4. The van der Waals surface area contributed by atoms with Crippen molar-refractivity contribution in [2.24, 2.45) is 0 Å². The maximum atomic E-state index is 13.3. The highest BCUT2D eigenvalue weighted by molar-refractivity contribution is 7.99. The minimum absolute atomic E-state index is 0.135. The van der Waals surface area contributed by atoms with Gasteiger partial charge in [-0.3, -0.25) is 19.8 Å². The van der Waals surface area contributed by atoms with Crippen LogP contribution in [0.4, 0.5) is 17.1 Å². The molecule has 14 heteroatoms. The maximum Gasteiger partial charge on any atom is 0.293 e. The molecule has 1 aliphatic rings. The van der Waals surface area contributed by atoms with Crippen LogP contribution in [0.25, 0.3) is 0 Å². The number of nitro groups is 1. The number of carbonyl (C=O) groups excluding carboxylic acids is 1. The quantitative estimate of drug-likeness (QED) is 0.0826. The Morgan fingerprint density at radius 2 is 1.68 bits per heavy atom. The topological polar surface area (TPSA) is 128 Å². The number of carbonyl (C=O) groups is 1. The smallest absolute Gasteiger partial charge is 0.293 e. The average Bonchev–Trinajstić information content (AvgIpc) is 3.10. The third-order valence-corrected chi connectivity index (χ3v) is 11.1. The molecule has 4 aromatic rings. The molecule has 1 aliphatic heterocycles. The van der Waals surface area contributed by atoms with Crippen molar-refractivity contribution in [2.45, 2.75) is 28.8 Å². The van der Waals surface area contributed by atoms with E-state index in [-0.39, 0.29) is 22.2 Å². The Balaban J connectivity index is 1.21. The summed E-state index contributed by atoms with van der Waals surface area (Å²) in [5.74, 6) is -0.182. The van der Waals surface area contributed by atoms with E-state index in [0.29, 0.717) is 12.2 Å². The Labute approximate surface area is 302 Å². The maximum absolute atomic E-state index is 13.3. The molecule has 0 unspecified atom stereocenters. The van der Waals surface area contributed by atoms with Crippen LogP contribution in [0.15, 0.2) is 107 Å². The highest BCUT2D eigenvalue weighted by atomic mass is 35.5. The number of rotatable bonds is 15. The fourth-order valence-electron chi connectivity index (χ4n) is 5.62. The number of piperazine rings is 1. The molecule has 1 fully saturated rings. The lowest BCUT2D eigenvalue weighted by atomic mass is 10.1. The summed E-state index contributed by atoms with van der Waals surface area (Å²) in [7, 11) is -0.494. The van der Waals surface area contributed by atoms with Crippen LogP contribution < -0.4 is 14.9 Å². The van der Waals surface area contributed by atoms with Crippen LogP contribution in [0.1, 0.15) is 22.3 Å². The van der Waals surface area contributed by atoms with Crippen molar-refractivity contribution in [1.82, 2.24) is 14.5 Å². The Morgan fingerprint density at radius 3 is 2.34 bits per heavy atom. The van der Waals surface area contributed by atoms with Gasteiger partial charge in [-0.15, -0.1) is 11.8 Å². The summed E-state index contributed by atoms with van der Waals surface area (Å²) in [5.41, 5.74) is 2.06. The minimum Gasteiger partial charge on any atom is -0.376 e. The molecule has 4 aromatic carbocycles. The Bertz CT molecular complexity index is 1870. The van der Waals surface area contributed by atoms with E-state index in [1.54, 1.807) is 36.0 Å². The van der Waals surface area contributed by atoms with Gasteiger partial charge in [0, 0.05) is 71.8 Å². The van der Waals surface area contributed by atoms with Gasteiger partial charge in [0.15, 0.2) is 0 Å². The van der Waals surface area contributed by atoms with E-state index in [0.717, 1.165) is 66.5 Å². The molecule has 0 bridgehead atoms. The fraction of sp³-hybridized carbons (Fsp3) is 0.306. The minimum atomic E-state index is -4.41. The molecule has 1 atom stereocenters. The van der Waals surface area contributed by atoms with Gasteiger partial charge in [0.2, 0.25) is 0 Å². The molecule has 264 valence electrons. The third-order valence-electron chi connectivity index (χ3n) is 8.34. The van der Waals surface area contributed by atoms with Gasteiger partial charge in [0.25, 0.3) is 21.6 Å². The van der Waals surface area contributed by atoms with Crippen LogP contribution in [0.5, 0.6) is 0 Å². The van der Waals surface area contributed by atoms with E-state index in [1.807, 2.05) is 67.5 Å². The molecule has 1 saturated heterocycles. The first-order valence-electron chi connectivity index (χ1n) is 16.2. The number of benzene rings is 4. The summed E-state index contributed by atoms with van der Waals surface area (Å²) in [5, 5.41) is 16.1. The molecule has 1 amide bonds. The lowest BCUT2D eigenvalue weighted by Crippen LogP contribution is -2.46. The van der Waals surface area contributed by atoms with E-state index in [2.05, 4.69) is 25.9 Å². The van der Waals surface area contributed by atoms with Gasteiger partial charge >= 0.3 is 0 Å². The van der Waals surface area contributed by atoms with Gasteiger partial charge in [-0.05, 0) is 93.3 Å². The molecule has 0 aliphatic carbocycles. The normalized spacial score (nSPS) is 14.4. The highest BCUT2D eigenvalue weighted by Crippen LogP contribution is 2.30. The molecule has 2 N–H and O–H groups in total. The number of thioether (sulfide) groups is 1. The molecule has 1 heterocycles. The number of hydrogen-bond donors (Lipinski definition) is 2. The van der Waals surface area contributed by atoms with Gasteiger partial charge in [-0.2, -0.15) is 0 Å². The van der Waals surface area contributed by atoms with Crippen molar-refractivity contribution in [3.8, 4) is 0 Å². The standard InChI is InChI=1S/C36H41ClN6O5S2/c1-40(2)18-17-30(26-49-32-9-4-3-5-10-32)38-34-16-15-33(24-35(34)43(45)46)50(47,48)39-36(44)28-11-13-31(14-12-28)42-21-19-41(20-22-42)25-27-7-6-8-29(37)23-27/h3-16,23-24,30,38H,17-22,25-26H2,1-2H3,(H,39,44)/t30-/m1/s1. The molecule has 50 heavy (non-hydrogen) atoms. The second-order valence-corrected chi connectivity index (χ2v) is 15.6. The summed E-state index contributed by atoms with van der Waals surface area (Å²) in [4.78, 5) is 31.8. The zero-order valence-electron chi connectivity index (χ0n) is 28.0. The molecule has 11 nitrogen and oxygen atoms in total. The SMILES string of the molecule is CN(C)CC[C@H](CSc1ccccc1)Nc1ccc(S(=O)(=O)NC(=O)c2ccc(N3CCN(Cc4cccc(Cl)c4)CC3)cc2)cc1[N+](=O)[O-]. The van der Waals surface area contributed by atoms with E-state index >= 15 is 0 Å². The first-order valence-corrected chi connectivity index (χ1v) is 19.1. The molecule has 5 rings (SSSR count). The molecule has 0 aromatic heterocycles. The molecule has 0 saturated carbocycles. The van der Waals surface area contributed by atoms with E-state index in [1.165, 1.54) is 12.1 Å². The van der Waals surface area contributed by atoms with Crippen molar-refractivity contribution < 1.29 is 18.1 Å². The summed E-state index contributed by atoms with van der Waals surface area (Å²) >= 11 is 7.76. The predicted molar refractivity (Wildman–Crippen MR) is 201 cm³/mol. The summed E-state index contributed by atoms with van der Waals surface area (Å²) in [6, 6.07) is 28.0. The van der Waals surface area contributed by atoms with Gasteiger partial charge in [-0.25, -0.2) is 13.1 Å². The summed E-state index contributed by atoms with van der Waals surface area (Å²) < 4.78 is 28.6. The highest BCUT2D eigenvalue weighted by Gasteiger charge is 2.25.